The highest BCUT2D eigenvalue weighted by Gasteiger charge is 1.99. The number of hydrogen-bond donors (Lipinski definition) is 3. The first-order valence-corrected chi connectivity index (χ1v) is 8.04. The number of aryl methyl sites for hydroxylation is 2. The standard InChI is InChI=1S/C19H26N4O/c1-14-4-7-18(12-15(14)2)23-19(20)22-13-16-5-8-17(9-6-16)21-10-11-24-3/h4-9,12,21H,10-11,13H2,1-3H3,(H3,20,22,23). The van der Waals surface area contributed by atoms with Crippen molar-refractivity contribution >= 4 is 17.3 Å². The third kappa shape index (κ3) is 5.59. The van der Waals surface area contributed by atoms with E-state index < -0.39 is 0 Å². The third-order valence-electron chi connectivity index (χ3n) is 3.80. The minimum atomic E-state index is 0.417. The van der Waals surface area contributed by atoms with Gasteiger partial charge in [-0.15, -0.1) is 0 Å². The van der Waals surface area contributed by atoms with Crippen molar-refractivity contribution in [3.8, 4) is 0 Å². The summed E-state index contributed by atoms with van der Waals surface area (Å²) < 4.78 is 5.01. The van der Waals surface area contributed by atoms with Crippen LogP contribution in [0.15, 0.2) is 47.5 Å². The van der Waals surface area contributed by atoms with Crippen LogP contribution in [0.4, 0.5) is 11.4 Å². The zero-order chi connectivity index (χ0) is 17.4. The fraction of sp³-hybridized carbons (Fsp3) is 0.316. The summed E-state index contributed by atoms with van der Waals surface area (Å²) in [5, 5.41) is 6.41. The Morgan fingerprint density at radius 2 is 1.75 bits per heavy atom. The number of benzene rings is 2. The highest BCUT2D eigenvalue weighted by molar-refractivity contribution is 5.92. The summed E-state index contributed by atoms with van der Waals surface area (Å²) in [6, 6.07) is 14.3. The summed E-state index contributed by atoms with van der Waals surface area (Å²) in [7, 11) is 1.69. The van der Waals surface area contributed by atoms with E-state index in [0.717, 1.165) is 23.5 Å². The second kappa shape index (κ2) is 8.93. The molecule has 2 rings (SSSR count). The number of nitrogens with zero attached hydrogens (tertiary/aromatic N) is 1. The molecule has 0 fully saturated rings. The summed E-state index contributed by atoms with van der Waals surface area (Å²) in [5.41, 5.74) is 11.6. The van der Waals surface area contributed by atoms with Crippen LogP contribution in [-0.2, 0) is 11.3 Å². The number of nitrogens with two attached hydrogens (primary N) is 1. The Morgan fingerprint density at radius 3 is 2.42 bits per heavy atom. The molecule has 0 aromatic heterocycles. The maximum Gasteiger partial charge on any atom is 0.193 e. The average Bonchev–Trinajstić information content (AvgIpc) is 2.58. The summed E-state index contributed by atoms with van der Waals surface area (Å²) in [6.45, 7) is 6.19. The van der Waals surface area contributed by atoms with E-state index in [1.165, 1.54) is 11.1 Å². The third-order valence-corrected chi connectivity index (χ3v) is 3.80. The highest BCUT2D eigenvalue weighted by atomic mass is 16.5. The molecule has 0 unspecified atom stereocenters. The molecular weight excluding hydrogens is 300 g/mol. The van der Waals surface area contributed by atoms with Crippen molar-refractivity contribution in [3.63, 3.8) is 0 Å². The van der Waals surface area contributed by atoms with Crippen LogP contribution in [0.3, 0.4) is 0 Å². The van der Waals surface area contributed by atoms with Crippen LogP contribution in [0.1, 0.15) is 16.7 Å². The molecule has 0 saturated carbocycles. The second-order valence-electron chi connectivity index (χ2n) is 5.74. The summed E-state index contributed by atoms with van der Waals surface area (Å²) >= 11 is 0. The van der Waals surface area contributed by atoms with Gasteiger partial charge in [0.25, 0.3) is 0 Å². The normalized spacial score (nSPS) is 11.4. The monoisotopic (exact) mass is 326 g/mol. The van der Waals surface area contributed by atoms with Gasteiger partial charge in [-0.1, -0.05) is 18.2 Å². The molecule has 0 aliphatic heterocycles. The Hall–Kier alpha value is -2.53. The average molecular weight is 326 g/mol. The molecule has 0 saturated heterocycles. The quantitative estimate of drug-likeness (QED) is 0.415. The first-order valence-electron chi connectivity index (χ1n) is 8.04. The van der Waals surface area contributed by atoms with Gasteiger partial charge in [0.2, 0.25) is 0 Å². The van der Waals surface area contributed by atoms with E-state index in [1.54, 1.807) is 7.11 Å². The van der Waals surface area contributed by atoms with Gasteiger partial charge in [0, 0.05) is 25.0 Å². The van der Waals surface area contributed by atoms with Crippen molar-refractivity contribution in [2.24, 2.45) is 10.7 Å². The molecule has 5 nitrogen and oxygen atoms in total. The first kappa shape index (κ1) is 17.8. The zero-order valence-corrected chi connectivity index (χ0v) is 14.6. The molecule has 24 heavy (non-hydrogen) atoms. The lowest BCUT2D eigenvalue weighted by molar-refractivity contribution is 0.211. The van der Waals surface area contributed by atoms with Crippen LogP contribution >= 0.6 is 0 Å². The molecule has 5 heteroatoms. The topological polar surface area (TPSA) is 71.7 Å². The van der Waals surface area contributed by atoms with Crippen molar-refractivity contribution in [2.45, 2.75) is 20.4 Å². The highest BCUT2D eigenvalue weighted by Crippen LogP contribution is 2.14. The maximum atomic E-state index is 5.97. The van der Waals surface area contributed by atoms with Crippen molar-refractivity contribution in [2.75, 3.05) is 30.9 Å². The molecule has 0 atom stereocenters. The van der Waals surface area contributed by atoms with E-state index in [9.17, 15) is 0 Å². The van der Waals surface area contributed by atoms with Crippen molar-refractivity contribution in [1.82, 2.24) is 0 Å². The fourth-order valence-electron chi connectivity index (χ4n) is 2.21. The molecule has 0 bridgehead atoms. The Kier molecular flexibility index (Phi) is 6.63. The zero-order valence-electron chi connectivity index (χ0n) is 14.6. The van der Waals surface area contributed by atoms with Gasteiger partial charge in [-0.05, 0) is 54.8 Å². The van der Waals surface area contributed by atoms with Gasteiger partial charge < -0.3 is 21.1 Å². The maximum absolute atomic E-state index is 5.97. The number of ether oxygens (including phenoxy) is 1. The van der Waals surface area contributed by atoms with Crippen molar-refractivity contribution < 1.29 is 4.74 Å². The molecule has 0 radical (unpaired) electrons. The van der Waals surface area contributed by atoms with Crippen LogP contribution in [-0.4, -0.2) is 26.2 Å². The summed E-state index contributed by atoms with van der Waals surface area (Å²) in [5.74, 6) is 0.417. The van der Waals surface area contributed by atoms with E-state index >= 15 is 0 Å². The molecule has 2 aromatic carbocycles. The number of nitrogens with one attached hydrogen (secondary N) is 2. The molecule has 0 aliphatic rings. The van der Waals surface area contributed by atoms with Crippen LogP contribution in [0.2, 0.25) is 0 Å². The Labute approximate surface area is 143 Å². The van der Waals surface area contributed by atoms with Crippen molar-refractivity contribution in [3.05, 3.63) is 59.2 Å². The Bertz CT molecular complexity index is 680. The van der Waals surface area contributed by atoms with Gasteiger partial charge in [0.05, 0.1) is 13.2 Å². The molecule has 2 aromatic rings. The van der Waals surface area contributed by atoms with E-state index in [0.29, 0.717) is 19.1 Å². The predicted octanol–water partition coefficient (Wildman–Crippen LogP) is 3.29. The van der Waals surface area contributed by atoms with Gasteiger partial charge in [0.1, 0.15) is 0 Å². The van der Waals surface area contributed by atoms with E-state index in [2.05, 4.69) is 41.6 Å². The number of anilines is 2. The van der Waals surface area contributed by atoms with Crippen LogP contribution in [0.5, 0.6) is 0 Å². The number of hydrogen-bond acceptors (Lipinski definition) is 3. The number of rotatable bonds is 7. The molecule has 0 aliphatic carbocycles. The number of guanidine groups is 1. The van der Waals surface area contributed by atoms with Gasteiger partial charge >= 0.3 is 0 Å². The Balaban J connectivity index is 1.88. The van der Waals surface area contributed by atoms with Crippen LogP contribution in [0, 0.1) is 13.8 Å². The van der Waals surface area contributed by atoms with Gasteiger partial charge in [-0.25, -0.2) is 4.99 Å². The smallest absolute Gasteiger partial charge is 0.193 e. The van der Waals surface area contributed by atoms with E-state index in [-0.39, 0.29) is 0 Å². The molecular formula is C19H26N4O. The minimum Gasteiger partial charge on any atom is -0.383 e. The fourth-order valence-corrected chi connectivity index (χ4v) is 2.21. The molecule has 128 valence electrons. The minimum absolute atomic E-state index is 0.417. The molecule has 0 amide bonds. The lowest BCUT2D eigenvalue weighted by atomic mass is 10.1. The lowest BCUT2D eigenvalue weighted by Crippen LogP contribution is -2.22. The molecule has 0 heterocycles. The molecule has 0 spiro atoms. The number of methoxy groups -OCH3 is 1. The van der Waals surface area contributed by atoms with Crippen LogP contribution in [0.25, 0.3) is 0 Å². The first-order chi connectivity index (χ1) is 11.6. The largest absolute Gasteiger partial charge is 0.383 e. The van der Waals surface area contributed by atoms with Gasteiger partial charge in [-0.2, -0.15) is 0 Å². The van der Waals surface area contributed by atoms with E-state index in [1.807, 2.05) is 30.3 Å². The van der Waals surface area contributed by atoms with E-state index in [4.69, 9.17) is 10.5 Å². The second-order valence-corrected chi connectivity index (χ2v) is 5.74. The summed E-state index contributed by atoms with van der Waals surface area (Å²) in [6.07, 6.45) is 0. The van der Waals surface area contributed by atoms with Gasteiger partial charge in [0.15, 0.2) is 5.96 Å². The lowest BCUT2D eigenvalue weighted by Gasteiger charge is -2.08. The van der Waals surface area contributed by atoms with Crippen LogP contribution < -0.4 is 16.4 Å². The molecule has 4 N–H and O–H groups in total. The van der Waals surface area contributed by atoms with Crippen molar-refractivity contribution in [1.29, 1.82) is 0 Å². The summed E-state index contributed by atoms with van der Waals surface area (Å²) in [4.78, 5) is 4.39. The van der Waals surface area contributed by atoms with Gasteiger partial charge in [-0.3, -0.25) is 0 Å². The SMILES string of the molecule is COCCNc1ccc(CN=C(N)Nc2ccc(C)c(C)c2)cc1. The Morgan fingerprint density at radius 1 is 1.04 bits per heavy atom. The predicted molar refractivity (Wildman–Crippen MR) is 102 cm³/mol. The number of aliphatic imine (C=N–C) groups is 1.